The highest BCUT2D eigenvalue weighted by atomic mass is 16.5. The first-order valence-electron chi connectivity index (χ1n) is 5.71. The molecule has 1 amide bonds. The molecule has 90 valence electrons. The Balaban J connectivity index is 3.32. The van der Waals surface area contributed by atoms with E-state index in [0.717, 1.165) is 12.8 Å². The summed E-state index contributed by atoms with van der Waals surface area (Å²) in [6.45, 7) is 7.89. The summed E-state index contributed by atoms with van der Waals surface area (Å²) in [5.74, 6) is 0.140. The van der Waals surface area contributed by atoms with E-state index in [-0.39, 0.29) is 5.91 Å². The topological polar surface area (TPSA) is 38.3 Å². The minimum atomic E-state index is 0.140. The molecule has 3 heteroatoms. The third-order valence-electron chi connectivity index (χ3n) is 2.21. The summed E-state index contributed by atoms with van der Waals surface area (Å²) in [5, 5.41) is 2.82. The molecule has 0 aromatic rings. The lowest BCUT2D eigenvalue weighted by Gasteiger charge is -2.17. The van der Waals surface area contributed by atoms with Crippen LogP contribution in [-0.4, -0.2) is 26.2 Å². The molecule has 0 aliphatic carbocycles. The van der Waals surface area contributed by atoms with E-state index in [1.165, 1.54) is 6.42 Å². The molecule has 0 aromatic heterocycles. The molecule has 0 heterocycles. The fourth-order valence-electron chi connectivity index (χ4n) is 1.32. The van der Waals surface area contributed by atoms with Crippen LogP contribution >= 0.6 is 0 Å². The molecular formula is C12H25NO2. The number of carbonyl (C=O) groups is 1. The number of ether oxygens (including phenoxy) is 1. The van der Waals surface area contributed by atoms with Gasteiger partial charge in [0.25, 0.3) is 0 Å². The van der Waals surface area contributed by atoms with Crippen LogP contribution in [0.15, 0.2) is 0 Å². The van der Waals surface area contributed by atoms with Crippen molar-refractivity contribution in [3.8, 4) is 0 Å². The lowest BCUT2D eigenvalue weighted by Crippen LogP contribution is -2.26. The second kappa shape index (κ2) is 7.69. The highest BCUT2D eigenvalue weighted by Gasteiger charge is 2.09. The zero-order valence-electron chi connectivity index (χ0n) is 10.6. The fraction of sp³-hybridized carbons (Fsp3) is 0.917. The molecule has 0 fully saturated rings. The summed E-state index contributed by atoms with van der Waals surface area (Å²) in [4.78, 5) is 11.3. The highest BCUT2D eigenvalue weighted by molar-refractivity contribution is 5.75. The van der Waals surface area contributed by atoms with Crippen molar-refractivity contribution in [1.82, 2.24) is 5.32 Å². The Kier molecular flexibility index (Phi) is 7.39. The Morgan fingerprint density at radius 1 is 1.27 bits per heavy atom. The Bertz CT molecular complexity index is 173. The van der Waals surface area contributed by atoms with Crippen LogP contribution in [0.1, 0.15) is 46.5 Å². The number of hydrogen-bond acceptors (Lipinski definition) is 2. The van der Waals surface area contributed by atoms with Crippen LogP contribution in [0.5, 0.6) is 0 Å². The van der Waals surface area contributed by atoms with E-state index in [4.69, 9.17) is 4.74 Å². The highest BCUT2D eigenvalue weighted by Crippen LogP contribution is 2.21. The van der Waals surface area contributed by atoms with Crippen molar-refractivity contribution in [3.63, 3.8) is 0 Å². The van der Waals surface area contributed by atoms with Gasteiger partial charge in [-0.1, -0.05) is 27.2 Å². The van der Waals surface area contributed by atoms with Crippen LogP contribution in [0.4, 0.5) is 0 Å². The molecular weight excluding hydrogens is 190 g/mol. The second-order valence-electron chi connectivity index (χ2n) is 5.11. The summed E-state index contributed by atoms with van der Waals surface area (Å²) in [6.07, 6.45) is 3.93. The van der Waals surface area contributed by atoms with Crippen LogP contribution in [0.3, 0.4) is 0 Å². The molecule has 3 nitrogen and oxygen atoms in total. The average molecular weight is 215 g/mol. The van der Waals surface area contributed by atoms with Crippen molar-refractivity contribution in [2.75, 3.05) is 20.3 Å². The van der Waals surface area contributed by atoms with Crippen molar-refractivity contribution >= 4 is 5.91 Å². The number of carbonyl (C=O) groups excluding carboxylic acids is 1. The van der Waals surface area contributed by atoms with Crippen molar-refractivity contribution < 1.29 is 9.53 Å². The van der Waals surface area contributed by atoms with E-state index in [1.807, 2.05) is 0 Å². The number of rotatable bonds is 7. The minimum Gasteiger partial charge on any atom is -0.383 e. The average Bonchev–Trinajstić information content (AvgIpc) is 2.11. The van der Waals surface area contributed by atoms with Gasteiger partial charge in [0.05, 0.1) is 6.61 Å². The van der Waals surface area contributed by atoms with Gasteiger partial charge in [-0.15, -0.1) is 0 Å². The monoisotopic (exact) mass is 215 g/mol. The first kappa shape index (κ1) is 14.4. The third kappa shape index (κ3) is 11.4. The maximum absolute atomic E-state index is 11.3. The van der Waals surface area contributed by atoms with Gasteiger partial charge in [0.1, 0.15) is 0 Å². The molecule has 0 radical (unpaired) electrons. The van der Waals surface area contributed by atoms with Gasteiger partial charge in [-0.2, -0.15) is 0 Å². The molecule has 0 aromatic carbocycles. The Labute approximate surface area is 93.6 Å². The van der Waals surface area contributed by atoms with Crippen LogP contribution < -0.4 is 5.32 Å². The number of unbranched alkanes of at least 4 members (excludes halogenated alkanes) is 1. The normalized spacial score (nSPS) is 11.5. The van der Waals surface area contributed by atoms with Crippen molar-refractivity contribution in [2.45, 2.75) is 46.5 Å². The van der Waals surface area contributed by atoms with Gasteiger partial charge in [0.15, 0.2) is 0 Å². The third-order valence-corrected chi connectivity index (χ3v) is 2.21. The number of amides is 1. The van der Waals surface area contributed by atoms with Gasteiger partial charge in [0.2, 0.25) is 5.91 Å². The fourth-order valence-corrected chi connectivity index (χ4v) is 1.32. The number of nitrogens with one attached hydrogen (secondary N) is 1. The molecule has 0 aliphatic heterocycles. The lowest BCUT2D eigenvalue weighted by atomic mass is 9.89. The predicted octanol–water partition coefficient (Wildman–Crippen LogP) is 2.36. The molecule has 0 saturated carbocycles. The summed E-state index contributed by atoms with van der Waals surface area (Å²) < 4.78 is 4.85. The van der Waals surface area contributed by atoms with Crippen molar-refractivity contribution in [1.29, 1.82) is 0 Å². The molecule has 0 saturated heterocycles. The Morgan fingerprint density at radius 2 is 1.93 bits per heavy atom. The molecule has 0 aliphatic rings. The zero-order valence-corrected chi connectivity index (χ0v) is 10.6. The molecule has 0 unspecified atom stereocenters. The van der Waals surface area contributed by atoms with Crippen LogP contribution in [0.2, 0.25) is 0 Å². The summed E-state index contributed by atoms with van der Waals surface area (Å²) in [7, 11) is 1.63. The SMILES string of the molecule is COCCNC(=O)CCCCC(C)(C)C. The predicted molar refractivity (Wildman–Crippen MR) is 62.8 cm³/mol. The van der Waals surface area contributed by atoms with E-state index in [0.29, 0.717) is 25.0 Å². The van der Waals surface area contributed by atoms with Crippen LogP contribution in [0.25, 0.3) is 0 Å². The largest absolute Gasteiger partial charge is 0.383 e. The van der Waals surface area contributed by atoms with E-state index in [1.54, 1.807) is 7.11 Å². The molecule has 1 N–H and O–H groups in total. The van der Waals surface area contributed by atoms with E-state index in [2.05, 4.69) is 26.1 Å². The van der Waals surface area contributed by atoms with Crippen molar-refractivity contribution in [3.05, 3.63) is 0 Å². The molecule has 0 atom stereocenters. The maximum Gasteiger partial charge on any atom is 0.220 e. The Morgan fingerprint density at radius 3 is 2.47 bits per heavy atom. The standard InChI is InChI=1S/C12H25NO2/c1-12(2,3)8-6-5-7-11(14)13-9-10-15-4/h5-10H2,1-4H3,(H,13,14). The number of methoxy groups -OCH3 is 1. The van der Waals surface area contributed by atoms with Crippen molar-refractivity contribution in [2.24, 2.45) is 5.41 Å². The first-order valence-corrected chi connectivity index (χ1v) is 5.71. The van der Waals surface area contributed by atoms with Gasteiger partial charge in [-0.3, -0.25) is 4.79 Å². The van der Waals surface area contributed by atoms with E-state index in [9.17, 15) is 4.79 Å². The quantitative estimate of drug-likeness (QED) is 0.662. The lowest BCUT2D eigenvalue weighted by molar-refractivity contribution is -0.121. The maximum atomic E-state index is 11.3. The summed E-state index contributed by atoms with van der Waals surface area (Å²) in [6, 6.07) is 0. The van der Waals surface area contributed by atoms with Gasteiger partial charge < -0.3 is 10.1 Å². The first-order chi connectivity index (χ1) is 6.95. The molecule has 0 rings (SSSR count). The minimum absolute atomic E-state index is 0.140. The molecule has 0 spiro atoms. The zero-order chi connectivity index (χ0) is 11.7. The van der Waals surface area contributed by atoms with Crippen LogP contribution in [0, 0.1) is 5.41 Å². The van der Waals surface area contributed by atoms with E-state index >= 15 is 0 Å². The second-order valence-corrected chi connectivity index (χ2v) is 5.11. The summed E-state index contributed by atoms with van der Waals surface area (Å²) in [5.41, 5.74) is 0.381. The molecule has 15 heavy (non-hydrogen) atoms. The summed E-state index contributed by atoms with van der Waals surface area (Å²) >= 11 is 0. The van der Waals surface area contributed by atoms with Gasteiger partial charge >= 0.3 is 0 Å². The van der Waals surface area contributed by atoms with Gasteiger partial charge in [-0.25, -0.2) is 0 Å². The smallest absolute Gasteiger partial charge is 0.220 e. The van der Waals surface area contributed by atoms with E-state index < -0.39 is 0 Å². The van der Waals surface area contributed by atoms with Gasteiger partial charge in [0, 0.05) is 20.1 Å². The number of hydrogen-bond donors (Lipinski definition) is 1. The molecule has 0 bridgehead atoms. The van der Waals surface area contributed by atoms with Crippen LogP contribution in [-0.2, 0) is 9.53 Å². The Hall–Kier alpha value is -0.570. The van der Waals surface area contributed by atoms with Gasteiger partial charge in [-0.05, 0) is 18.3 Å².